The van der Waals surface area contributed by atoms with Gasteiger partial charge in [0, 0.05) is 17.6 Å². The molecule has 1 heterocycles. The summed E-state index contributed by atoms with van der Waals surface area (Å²) in [7, 11) is 1.53. The van der Waals surface area contributed by atoms with E-state index < -0.39 is 5.97 Å². The van der Waals surface area contributed by atoms with Crippen LogP contribution in [0.3, 0.4) is 0 Å². The van der Waals surface area contributed by atoms with Gasteiger partial charge in [0.15, 0.2) is 0 Å². The maximum Gasteiger partial charge on any atom is 0.342 e. The van der Waals surface area contributed by atoms with Crippen LogP contribution >= 0.6 is 11.6 Å². The van der Waals surface area contributed by atoms with Crippen LogP contribution in [0.4, 0.5) is 0 Å². The maximum atomic E-state index is 12.0. The summed E-state index contributed by atoms with van der Waals surface area (Å²) in [4.78, 5) is 23.1. The molecule has 2 aromatic rings. The number of hydrogen-bond acceptors (Lipinski definition) is 4. The predicted molar refractivity (Wildman–Crippen MR) is 78.0 cm³/mol. The normalized spacial score (nSPS) is 10.2. The lowest BCUT2D eigenvalue weighted by Crippen LogP contribution is -2.20. The minimum Gasteiger partial charge on any atom is -0.461 e. The molecule has 0 fully saturated rings. The molecule has 0 spiro atoms. The monoisotopic (exact) mass is 307 g/mol. The van der Waals surface area contributed by atoms with Gasteiger partial charge in [0.2, 0.25) is 5.91 Å². The largest absolute Gasteiger partial charge is 0.461 e. The van der Waals surface area contributed by atoms with Crippen LogP contribution < -0.4 is 5.32 Å². The highest BCUT2D eigenvalue weighted by Gasteiger charge is 2.17. The Labute approximate surface area is 126 Å². The number of ether oxygens (including phenoxy) is 1. The Morgan fingerprint density at radius 2 is 2.24 bits per heavy atom. The van der Waals surface area contributed by atoms with E-state index in [0.717, 1.165) is 5.56 Å². The predicted octanol–water partition coefficient (Wildman–Crippen LogP) is 2.02. The molecular formula is C14H14ClN3O3. The third kappa shape index (κ3) is 3.82. The number of nitrogens with zero attached hydrogens (tertiary/aromatic N) is 1. The van der Waals surface area contributed by atoms with E-state index in [-0.39, 0.29) is 18.9 Å². The highest BCUT2D eigenvalue weighted by Crippen LogP contribution is 2.24. The minimum absolute atomic E-state index is 0.0126. The smallest absolute Gasteiger partial charge is 0.342 e. The zero-order valence-corrected chi connectivity index (χ0v) is 12.1. The summed E-state index contributed by atoms with van der Waals surface area (Å²) in [5, 5.41) is 9.62. The number of H-pyrrole nitrogens is 1. The number of esters is 1. The summed E-state index contributed by atoms with van der Waals surface area (Å²) in [5.41, 5.74) is 1.56. The van der Waals surface area contributed by atoms with Gasteiger partial charge in [-0.25, -0.2) is 4.79 Å². The van der Waals surface area contributed by atoms with Crippen LogP contribution in [-0.2, 0) is 9.53 Å². The number of aromatic nitrogens is 2. The molecular weight excluding hydrogens is 294 g/mol. The number of rotatable bonds is 5. The fourth-order valence-electron chi connectivity index (χ4n) is 1.74. The van der Waals surface area contributed by atoms with Gasteiger partial charge < -0.3 is 10.1 Å². The van der Waals surface area contributed by atoms with Crippen LogP contribution in [0.15, 0.2) is 30.5 Å². The molecule has 0 radical (unpaired) electrons. The molecule has 6 nitrogen and oxygen atoms in total. The number of carbonyl (C=O) groups excluding carboxylic acids is 2. The zero-order chi connectivity index (χ0) is 15.2. The fourth-order valence-corrected chi connectivity index (χ4v) is 1.93. The average molecular weight is 308 g/mol. The molecule has 0 saturated heterocycles. The second-order valence-corrected chi connectivity index (χ2v) is 4.66. The third-order valence-corrected chi connectivity index (χ3v) is 3.05. The van der Waals surface area contributed by atoms with E-state index in [1.54, 1.807) is 24.3 Å². The van der Waals surface area contributed by atoms with Crippen molar-refractivity contribution in [1.29, 1.82) is 0 Å². The Kier molecular flexibility index (Phi) is 4.94. The number of halogens is 1. The van der Waals surface area contributed by atoms with Gasteiger partial charge in [-0.2, -0.15) is 5.10 Å². The van der Waals surface area contributed by atoms with Gasteiger partial charge in [-0.05, 0) is 12.1 Å². The van der Waals surface area contributed by atoms with Crippen molar-refractivity contribution in [3.63, 3.8) is 0 Å². The van der Waals surface area contributed by atoms with Crippen molar-refractivity contribution in [1.82, 2.24) is 15.5 Å². The number of nitrogens with one attached hydrogen (secondary N) is 2. The van der Waals surface area contributed by atoms with Crippen LogP contribution in [0.5, 0.6) is 0 Å². The van der Waals surface area contributed by atoms with E-state index in [1.807, 2.05) is 0 Å². The molecule has 0 unspecified atom stereocenters. The Morgan fingerprint density at radius 1 is 1.43 bits per heavy atom. The summed E-state index contributed by atoms with van der Waals surface area (Å²) in [6.45, 7) is 0.0126. The first-order chi connectivity index (χ1) is 10.1. The van der Waals surface area contributed by atoms with Crippen molar-refractivity contribution in [3.8, 4) is 11.3 Å². The van der Waals surface area contributed by atoms with E-state index in [9.17, 15) is 9.59 Å². The number of benzene rings is 1. The Morgan fingerprint density at radius 3 is 2.95 bits per heavy atom. The second kappa shape index (κ2) is 6.90. The van der Waals surface area contributed by atoms with E-state index in [2.05, 4.69) is 15.5 Å². The highest BCUT2D eigenvalue weighted by molar-refractivity contribution is 6.30. The zero-order valence-electron chi connectivity index (χ0n) is 11.4. The molecule has 0 atom stereocenters. The molecule has 21 heavy (non-hydrogen) atoms. The topological polar surface area (TPSA) is 84.1 Å². The average Bonchev–Trinajstić information content (AvgIpc) is 2.96. The summed E-state index contributed by atoms with van der Waals surface area (Å²) in [5.74, 6) is -0.729. The molecule has 1 amide bonds. The highest BCUT2D eigenvalue weighted by atomic mass is 35.5. The first-order valence-corrected chi connectivity index (χ1v) is 6.66. The van der Waals surface area contributed by atoms with E-state index in [4.69, 9.17) is 16.3 Å². The molecule has 2 rings (SSSR count). The molecule has 7 heteroatoms. The quantitative estimate of drug-likeness (QED) is 0.828. The Balaban J connectivity index is 2.09. The van der Waals surface area contributed by atoms with Crippen molar-refractivity contribution in [3.05, 3.63) is 41.0 Å². The molecule has 0 aliphatic heterocycles. The third-order valence-electron chi connectivity index (χ3n) is 2.81. The molecule has 0 saturated carbocycles. The Bertz CT molecular complexity index is 654. The van der Waals surface area contributed by atoms with Crippen molar-refractivity contribution in [2.45, 2.75) is 6.42 Å². The second-order valence-electron chi connectivity index (χ2n) is 4.23. The lowest BCUT2D eigenvalue weighted by Gasteiger charge is -2.05. The summed E-state index contributed by atoms with van der Waals surface area (Å²) in [6.07, 6.45) is 1.51. The summed E-state index contributed by atoms with van der Waals surface area (Å²) < 4.78 is 5.06. The number of aromatic amines is 1. The van der Waals surface area contributed by atoms with Crippen LogP contribution in [0.25, 0.3) is 11.3 Å². The van der Waals surface area contributed by atoms with Gasteiger partial charge in [-0.1, -0.05) is 23.7 Å². The number of amides is 1. The Hall–Kier alpha value is -2.34. The van der Waals surface area contributed by atoms with Gasteiger partial charge in [-0.3, -0.25) is 9.89 Å². The molecule has 0 aliphatic rings. The molecule has 1 aromatic heterocycles. The molecule has 1 aromatic carbocycles. The van der Waals surface area contributed by atoms with E-state index in [0.29, 0.717) is 16.3 Å². The number of hydrogen-bond donors (Lipinski definition) is 2. The molecule has 0 aliphatic carbocycles. The van der Waals surface area contributed by atoms with Crippen molar-refractivity contribution < 1.29 is 14.3 Å². The van der Waals surface area contributed by atoms with Gasteiger partial charge in [0.05, 0.1) is 18.3 Å². The minimum atomic E-state index is -0.539. The summed E-state index contributed by atoms with van der Waals surface area (Å²) in [6, 6.07) is 7.04. The first kappa shape index (κ1) is 15.1. The lowest BCUT2D eigenvalue weighted by atomic mass is 10.1. The fraction of sp³-hybridized carbons (Fsp3) is 0.214. The van der Waals surface area contributed by atoms with Crippen molar-refractivity contribution in [2.75, 3.05) is 13.7 Å². The van der Waals surface area contributed by atoms with Gasteiger partial charge in [0.1, 0.15) is 12.2 Å². The van der Waals surface area contributed by atoms with Gasteiger partial charge in [-0.15, -0.1) is 0 Å². The first-order valence-electron chi connectivity index (χ1n) is 6.29. The maximum absolute atomic E-state index is 12.0. The molecule has 2 N–H and O–H groups in total. The number of carbonyl (C=O) groups is 2. The van der Waals surface area contributed by atoms with E-state index >= 15 is 0 Å². The van der Waals surface area contributed by atoms with Crippen LogP contribution in [0.2, 0.25) is 5.02 Å². The SMILES string of the molecule is CNC(=O)CCOC(=O)c1cn[nH]c1-c1cccc(Cl)c1. The summed E-state index contributed by atoms with van der Waals surface area (Å²) >= 11 is 5.93. The lowest BCUT2D eigenvalue weighted by molar-refractivity contribution is -0.121. The van der Waals surface area contributed by atoms with Crippen LogP contribution in [-0.4, -0.2) is 35.7 Å². The van der Waals surface area contributed by atoms with E-state index in [1.165, 1.54) is 13.2 Å². The van der Waals surface area contributed by atoms with Crippen LogP contribution in [0.1, 0.15) is 16.8 Å². The van der Waals surface area contributed by atoms with Crippen molar-refractivity contribution in [2.24, 2.45) is 0 Å². The standard InChI is InChI=1S/C14H14ClN3O3/c1-16-12(19)5-6-21-14(20)11-8-17-18-13(11)9-3-2-4-10(15)7-9/h2-4,7-8H,5-6H2,1H3,(H,16,19)(H,17,18). The molecule has 110 valence electrons. The van der Waals surface area contributed by atoms with Gasteiger partial charge >= 0.3 is 5.97 Å². The molecule has 0 bridgehead atoms. The van der Waals surface area contributed by atoms with Crippen molar-refractivity contribution >= 4 is 23.5 Å². The van der Waals surface area contributed by atoms with Gasteiger partial charge in [0.25, 0.3) is 0 Å². The van der Waals surface area contributed by atoms with Crippen LogP contribution in [0, 0.1) is 0 Å².